The number of nitrogens with zero attached hydrogens (tertiary/aromatic N) is 1. The first kappa shape index (κ1) is 14.4. The summed E-state index contributed by atoms with van der Waals surface area (Å²) in [4.78, 5) is 37.3. The first-order valence-corrected chi connectivity index (χ1v) is 6.91. The van der Waals surface area contributed by atoms with Gasteiger partial charge >= 0.3 is 0 Å². The number of hydrogen-bond donors (Lipinski definition) is 0. The summed E-state index contributed by atoms with van der Waals surface area (Å²) in [6.07, 6.45) is 2.37. The van der Waals surface area contributed by atoms with E-state index in [0.717, 1.165) is 12.7 Å². The second kappa shape index (κ2) is 5.57. The smallest absolute Gasteiger partial charge is 0.238 e. The lowest BCUT2D eigenvalue weighted by Crippen LogP contribution is -2.37. The zero-order valence-corrected chi connectivity index (χ0v) is 11.8. The first-order chi connectivity index (χ1) is 9.53. The van der Waals surface area contributed by atoms with E-state index in [2.05, 4.69) is 0 Å². The molecule has 2 amide bonds. The van der Waals surface area contributed by atoms with E-state index >= 15 is 0 Å². The van der Waals surface area contributed by atoms with E-state index < -0.39 is 11.3 Å². The van der Waals surface area contributed by atoms with Gasteiger partial charge in [-0.05, 0) is 18.6 Å². The molecule has 20 heavy (non-hydrogen) atoms. The number of imide groups is 1. The van der Waals surface area contributed by atoms with Crippen LogP contribution in [-0.4, -0.2) is 18.1 Å². The first-order valence-electron chi connectivity index (χ1n) is 6.91. The predicted molar refractivity (Wildman–Crippen MR) is 76.1 cm³/mol. The van der Waals surface area contributed by atoms with Crippen LogP contribution in [0.15, 0.2) is 30.3 Å². The molecule has 4 nitrogen and oxygen atoms in total. The molecule has 0 aliphatic carbocycles. The Morgan fingerprint density at radius 1 is 1.30 bits per heavy atom. The van der Waals surface area contributed by atoms with Crippen LogP contribution in [0.1, 0.15) is 33.1 Å². The molecule has 4 heteroatoms. The fraction of sp³-hybridized carbons (Fsp3) is 0.438. The van der Waals surface area contributed by atoms with Crippen LogP contribution in [0.4, 0.5) is 5.69 Å². The number of anilines is 1. The average Bonchev–Trinajstić information content (AvgIpc) is 2.76. The normalized spacial score (nSPS) is 21.9. The predicted octanol–water partition coefficient (Wildman–Crippen LogP) is 2.57. The SMILES string of the molecule is CCCC(C)(C=O)[C@H]1CC(=O)N(c2ccccc2)C1=O. The number of benzene rings is 1. The van der Waals surface area contributed by atoms with Gasteiger partial charge in [0.05, 0.1) is 11.6 Å². The van der Waals surface area contributed by atoms with Gasteiger partial charge in [-0.3, -0.25) is 14.5 Å². The summed E-state index contributed by atoms with van der Waals surface area (Å²) in [5.74, 6) is -1.03. The summed E-state index contributed by atoms with van der Waals surface area (Å²) in [5, 5.41) is 0. The summed E-state index contributed by atoms with van der Waals surface area (Å²) < 4.78 is 0. The zero-order chi connectivity index (χ0) is 14.8. The van der Waals surface area contributed by atoms with Crippen molar-refractivity contribution in [2.45, 2.75) is 33.1 Å². The summed E-state index contributed by atoms with van der Waals surface area (Å²) in [5.41, 5.74) is -0.180. The van der Waals surface area contributed by atoms with Crippen LogP contribution in [0.5, 0.6) is 0 Å². The van der Waals surface area contributed by atoms with E-state index in [1.165, 1.54) is 4.90 Å². The van der Waals surface area contributed by atoms with Crippen molar-refractivity contribution in [3.8, 4) is 0 Å². The maximum absolute atomic E-state index is 12.5. The van der Waals surface area contributed by atoms with Gasteiger partial charge in [-0.2, -0.15) is 0 Å². The van der Waals surface area contributed by atoms with Crippen molar-refractivity contribution in [2.24, 2.45) is 11.3 Å². The summed E-state index contributed by atoms with van der Waals surface area (Å²) in [6.45, 7) is 3.74. The molecule has 1 aromatic rings. The molecular formula is C16H19NO3. The summed E-state index contributed by atoms with van der Waals surface area (Å²) in [6, 6.07) is 8.87. The second-order valence-electron chi connectivity index (χ2n) is 5.53. The van der Waals surface area contributed by atoms with E-state index in [1.807, 2.05) is 13.0 Å². The molecule has 1 saturated heterocycles. The van der Waals surface area contributed by atoms with Gasteiger partial charge in [0.25, 0.3) is 0 Å². The number of carbonyl (C=O) groups is 3. The minimum Gasteiger partial charge on any atom is -0.303 e. The van der Waals surface area contributed by atoms with Crippen LogP contribution in [0.3, 0.4) is 0 Å². The van der Waals surface area contributed by atoms with Crippen LogP contribution in [-0.2, 0) is 14.4 Å². The average molecular weight is 273 g/mol. The molecule has 1 aromatic carbocycles. The molecule has 1 heterocycles. The Hall–Kier alpha value is -1.97. The van der Waals surface area contributed by atoms with E-state index in [-0.39, 0.29) is 18.2 Å². The molecular weight excluding hydrogens is 254 g/mol. The quantitative estimate of drug-likeness (QED) is 0.612. The Kier molecular flexibility index (Phi) is 4.02. The van der Waals surface area contributed by atoms with Crippen LogP contribution in [0.2, 0.25) is 0 Å². The molecule has 0 bridgehead atoms. The van der Waals surface area contributed by atoms with Gasteiger partial charge in [-0.1, -0.05) is 38.5 Å². The lowest BCUT2D eigenvalue weighted by Gasteiger charge is -2.27. The molecule has 2 atom stereocenters. The van der Waals surface area contributed by atoms with E-state index in [0.29, 0.717) is 12.1 Å². The Morgan fingerprint density at radius 2 is 1.95 bits per heavy atom. The topological polar surface area (TPSA) is 54.5 Å². The molecule has 1 aliphatic rings. The maximum atomic E-state index is 12.5. The molecule has 106 valence electrons. The van der Waals surface area contributed by atoms with Gasteiger partial charge in [-0.15, -0.1) is 0 Å². The van der Waals surface area contributed by atoms with E-state index in [1.54, 1.807) is 31.2 Å². The van der Waals surface area contributed by atoms with Gasteiger partial charge < -0.3 is 4.79 Å². The third-order valence-corrected chi connectivity index (χ3v) is 4.01. The summed E-state index contributed by atoms with van der Waals surface area (Å²) in [7, 11) is 0. The van der Waals surface area contributed by atoms with E-state index in [9.17, 15) is 14.4 Å². The highest BCUT2D eigenvalue weighted by Gasteiger charge is 2.48. The highest BCUT2D eigenvalue weighted by atomic mass is 16.2. The number of hydrogen-bond acceptors (Lipinski definition) is 3. The Balaban J connectivity index is 2.32. The molecule has 0 spiro atoms. The minimum absolute atomic E-state index is 0.114. The number of rotatable bonds is 5. The Bertz CT molecular complexity index is 526. The molecule has 0 radical (unpaired) electrons. The van der Waals surface area contributed by atoms with Gasteiger partial charge in [0, 0.05) is 11.8 Å². The van der Waals surface area contributed by atoms with Crippen molar-refractivity contribution in [3.63, 3.8) is 0 Å². The highest BCUT2D eigenvalue weighted by Crippen LogP contribution is 2.39. The van der Waals surface area contributed by atoms with Gasteiger partial charge in [0.2, 0.25) is 11.8 Å². The largest absolute Gasteiger partial charge is 0.303 e. The molecule has 1 unspecified atom stereocenters. The lowest BCUT2D eigenvalue weighted by molar-refractivity contribution is -0.130. The Labute approximate surface area is 118 Å². The van der Waals surface area contributed by atoms with Crippen LogP contribution in [0.25, 0.3) is 0 Å². The number of carbonyl (C=O) groups excluding carboxylic acids is 3. The lowest BCUT2D eigenvalue weighted by atomic mass is 9.74. The molecule has 1 fully saturated rings. The third-order valence-electron chi connectivity index (χ3n) is 4.01. The van der Waals surface area contributed by atoms with Crippen molar-refractivity contribution in [2.75, 3.05) is 4.90 Å². The summed E-state index contributed by atoms with van der Waals surface area (Å²) >= 11 is 0. The zero-order valence-electron chi connectivity index (χ0n) is 11.8. The minimum atomic E-state index is -0.759. The molecule has 1 aliphatic heterocycles. The molecule has 0 N–H and O–H groups in total. The molecule has 0 saturated carbocycles. The fourth-order valence-electron chi connectivity index (χ4n) is 2.85. The van der Waals surface area contributed by atoms with Gasteiger partial charge in [0.15, 0.2) is 0 Å². The van der Waals surface area contributed by atoms with Crippen molar-refractivity contribution in [1.82, 2.24) is 0 Å². The van der Waals surface area contributed by atoms with Crippen molar-refractivity contribution < 1.29 is 14.4 Å². The van der Waals surface area contributed by atoms with Crippen molar-refractivity contribution in [3.05, 3.63) is 30.3 Å². The van der Waals surface area contributed by atoms with Crippen LogP contribution < -0.4 is 4.90 Å². The van der Waals surface area contributed by atoms with Crippen molar-refractivity contribution >= 4 is 23.8 Å². The molecule has 0 aromatic heterocycles. The second-order valence-corrected chi connectivity index (χ2v) is 5.53. The highest BCUT2D eigenvalue weighted by molar-refractivity contribution is 6.21. The Morgan fingerprint density at radius 3 is 2.50 bits per heavy atom. The van der Waals surface area contributed by atoms with Gasteiger partial charge in [0.1, 0.15) is 6.29 Å². The third kappa shape index (κ3) is 2.38. The number of para-hydroxylation sites is 1. The molecule has 2 rings (SSSR count). The van der Waals surface area contributed by atoms with Gasteiger partial charge in [-0.25, -0.2) is 0 Å². The monoisotopic (exact) mass is 273 g/mol. The number of amides is 2. The maximum Gasteiger partial charge on any atom is 0.238 e. The number of aldehydes is 1. The fourth-order valence-corrected chi connectivity index (χ4v) is 2.85. The van der Waals surface area contributed by atoms with Crippen molar-refractivity contribution in [1.29, 1.82) is 0 Å². The van der Waals surface area contributed by atoms with Crippen LogP contribution >= 0.6 is 0 Å². The van der Waals surface area contributed by atoms with Crippen LogP contribution in [0, 0.1) is 11.3 Å². The standard InChI is InChI=1S/C16H19NO3/c1-3-9-16(2,11-18)13-10-14(19)17(15(13)20)12-7-5-4-6-8-12/h4-8,11,13H,3,9-10H2,1-2H3/t13-,16?/m0/s1. The van der Waals surface area contributed by atoms with E-state index in [4.69, 9.17) is 0 Å².